The van der Waals surface area contributed by atoms with Gasteiger partial charge in [-0.15, -0.1) is 0 Å². The molecule has 0 spiro atoms. The highest BCUT2D eigenvalue weighted by atomic mass is 14.6. The number of hydrogen-bond donors (Lipinski definition) is 1. The second kappa shape index (κ2) is 4.95. The van der Waals surface area contributed by atoms with E-state index < -0.39 is 0 Å². The third-order valence-electron chi connectivity index (χ3n) is 2.76. The van der Waals surface area contributed by atoms with Gasteiger partial charge in [0.05, 0.1) is 0 Å². The zero-order chi connectivity index (χ0) is 11.4. The molecule has 1 heteroatoms. The lowest BCUT2D eigenvalue weighted by atomic mass is 10.0. The maximum Gasteiger partial charge on any atom is 0.0266 e. The van der Waals surface area contributed by atoms with E-state index in [-0.39, 0.29) is 6.04 Å². The van der Waals surface area contributed by atoms with Gasteiger partial charge < -0.3 is 5.73 Å². The van der Waals surface area contributed by atoms with Crippen molar-refractivity contribution in [3.05, 3.63) is 71.3 Å². The summed E-state index contributed by atoms with van der Waals surface area (Å²) in [5, 5.41) is 0. The van der Waals surface area contributed by atoms with Crippen LogP contribution in [0, 0.1) is 0 Å². The highest BCUT2D eigenvalue weighted by Gasteiger charge is 1.99. The van der Waals surface area contributed by atoms with Crippen molar-refractivity contribution < 1.29 is 0 Å². The summed E-state index contributed by atoms with van der Waals surface area (Å²) < 4.78 is 0. The van der Waals surface area contributed by atoms with E-state index in [0.717, 1.165) is 6.42 Å². The third kappa shape index (κ3) is 2.71. The Bertz CT molecular complexity index is 429. The van der Waals surface area contributed by atoms with Gasteiger partial charge in [0.2, 0.25) is 0 Å². The number of hydrogen-bond acceptors (Lipinski definition) is 1. The fourth-order valence-electron chi connectivity index (χ4n) is 1.77. The predicted molar refractivity (Wildman–Crippen MR) is 68.3 cm³/mol. The Hall–Kier alpha value is -1.60. The van der Waals surface area contributed by atoms with E-state index in [2.05, 4.69) is 48.5 Å². The molecule has 0 aliphatic carbocycles. The van der Waals surface area contributed by atoms with E-state index >= 15 is 0 Å². The predicted octanol–water partition coefficient (Wildman–Crippen LogP) is 3.30. The first-order valence-corrected chi connectivity index (χ1v) is 5.64. The van der Waals surface area contributed by atoms with Crippen molar-refractivity contribution in [3.63, 3.8) is 0 Å². The minimum atomic E-state index is 0.116. The monoisotopic (exact) mass is 211 g/mol. The van der Waals surface area contributed by atoms with Gasteiger partial charge in [-0.05, 0) is 30.0 Å². The van der Waals surface area contributed by atoms with Crippen molar-refractivity contribution in [3.8, 4) is 0 Å². The van der Waals surface area contributed by atoms with Crippen LogP contribution in [0.1, 0.15) is 29.7 Å². The molecule has 16 heavy (non-hydrogen) atoms. The van der Waals surface area contributed by atoms with Crippen molar-refractivity contribution in [2.45, 2.75) is 19.4 Å². The molecule has 1 nitrogen and oxygen atoms in total. The van der Waals surface area contributed by atoms with E-state index in [9.17, 15) is 0 Å². The second-order valence-electron chi connectivity index (χ2n) is 4.19. The second-order valence-corrected chi connectivity index (χ2v) is 4.19. The Labute approximate surface area is 96.9 Å². The van der Waals surface area contributed by atoms with Crippen molar-refractivity contribution in [2.75, 3.05) is 0 Å². The molecule has 0 unspecified atom stereocenters. The van der Waals surface area contributed by atoms with Crippen LogP contribution >= 0.6 is 0 Å². The van der Waals surface area contributed by atoms with Crippen LogP contribution in [-0.2, 0) is 6.42 Å². The zero-order valence-corrected chi connectivity index (χ0v) is 9.56. The summed E-state index contributed by atoms with van der Waals surface area (Å²) in [6.07, 6.45) is 0.986. The molecule has 2 aromatic rings. The van der Waals surface area contributed by atoms with Crippen molar-refractivity contribution in [2.24, 2.45) is 5.73 Å². The molecule has 0 heterocycles. The third-order valence-corrected chi connectivity index (χ3v) is 2.76. The van der Waals surface area contributed by atoms with Gasteiger partial charge in [-0.1, -0.05) is 54.6 Å². The molecule has 0 bridgehead atoms. The van der Waals surface area contributed by atoms with Gasteiger partial charge in [0.25, 0.3) is 0 Å². The minimum absolute atomic E-state index is 0.116. The maximum atomic E-state index is 5.82. The molecule has 2 aromatic carbocycles. The average molecular weight is 211 g/mol. The first kappa shape index (κ1) is 10.9. The summed E-state index contributed by atoms with van der Waals surface area (Å²) >= 11 is 0. The summed E-state index contributed by atoms with van der Waals surface area (Å²) in [6.45, 7) is 2.01. The molecule has 0 saturated heterocycles. The minimum Gasteiger partial charge on any atom is -0.324 e. The SMILES string of the molecule is C[C@@H](N)c1ccc(Cc2ccccc2)cc1. The fraction of sp³-hybridized carbons (Fsp3) is 0.200. The molecule has 0 saturated carbocycles. The molecule has 82 valence electrons. The summed E-state index contributed by atoms with van der Waals surface area (Å²) in [5.41, 5.74) is 9.68. The molecule has 0 amide bonds. The van der Waals surface area contributed by atoms with Crippen LogP contribution in [0.2, 0.25) is 0 Å². The van der Waals surface area contributed by atoms with E-state index in [0.29, 0.717) is 0 Å². The lowest BCUT2D eigenvalue weighted by molar-refractivity contribution is 0.817. The first-order chi connectivity index (χ1) is 7.75. The summed E-state index contributed by atoms with van der Waals surface area (Å²) in [5.74, 6) is 0. The van der Waals surface area contributed by atoms with Crippen LogP contribution in [-0.4, -0.2) is 0 Å². The van der Waals surface area contributed by atoms with Crippen molar-refractivity contribution in [1.29, 1.82) is 0 Å². The van der Waals surface area contributed by atoms with Gasteiger partial charge in [-0.2, -0.15) is 0 Å². The topological polar surface area (TPSA) is 26.0 Å². The van der Waals surface area contributed by atoms with Gasteiger partial charge >= 0.3 is 0 Å². The lowest BCUT2D eigenvalue weighted by Gasteiger charge is -2.07. The van der Waals surface area contributed by atoms with Crippen LogP contribution in [0.4, 0.5) is 0 Å². The van der Waals surface area contributed by atoms with Gasteiger partial charge in [0.1, 0.15) is 0 Å². The number of nitrogens with two attached hydrogens (primary N) is 1. The molecule has 1 atom stereocenters. The van der Waals surface area contributed by atoms with Crippen LogP contribution in [0.3, 0.4) is 0 Å². The van der Waals surface area contributed by atoms with E-state index in [1.807, 2.05) is 13.0 Å². The average Bonchev–Trinajstić information content (AvgIpc) is 2.31. The molecular formula is C15H17N. The molecule has 2 N–H and O–H groups in total. The van der Waals surface area contributed by atoms with Gasteiger partial charge in [0, 0.05) is 6.04 Å². The zero-order valence-electron chi connectivity index (χ0n) is 9.56. The molecule has 0 aliphatic heterocycles. The molecule has 2 rings (SSSR count). The Morgan fingerprint density at radius 2 is 1.44 bits per heavy atom. The van der Waals surface area contributed by atoms with Gasteiger partial charge in [-0.3, -0.25) is 0 Å². The molecule has 0 aromatic heterocycles. The summed E-state index contributed by atoms with van der Waals surface area (Å²) in [7, 11) is 0. The molecule has 0 radical (unpaired) electrons. The molecular weight excluding hydrogens is 194 g/mol. The molecule has 0 fully saturated rings. The van der Waals surface area contributed by atoms with E-state index in [4.69, 9.17) is 5.73 Å². The van der Waals surface area contributed by atoms with Crippen molar-refractivity contribution in [1.82, 2.24) is 0 Å². The van der Waals surface area contributed by atoms with Crippen LogP contribution in [0.5, 0.6) is 0 Å². The van der Waals surface area contributed by atoms with E-state index in [1.54, 1.807) is 0 Å². The Morgan fingerprint density at radius 3 is 2.00 bits per heavy atom. The largest absolute Gasteiger partial charge is 0.324 e. The molecule has 0 aliphatic rings. The normalized spacial score (nSPS) is 12.4. The van der Waals surface area contributed by atoms with E-state index in [1.165, 1.54) is 16.7 Å². The summed E-state index contributed by atoms with van der Waals surface area (Å²) in [4.78, 5) is 0. The number of benzene rings is 2. The van der Waals surface area contributed by atoms with Gasteiger partial charge in [-0.25, -0.2) is 0 Å². The fourth-order valence-corrected chi connectivity index (χ4v) is 1.77. The van der Waals surface area contributed by atoms with Crippen molar-refractivity contribution >= 4 is 0 Å². The Kier molecular flexibility index (Phi) is 3.37. The standard InChI is InChI=1S/C15H17N/c1-12(16)15-9-7-14(8-10-15)11-13-5-3-2-4-6-13/h2-10,12H,11,16H2,1H3/t12-/m1/s1. The quantitative estimate of drug-likeness (QED) is 0.828. The highest BCUT2D eigenvalue weighted by molar-refractivity contribution is 5.29. The highest BCUT2D eigenvalue weighted by Crippen LogP contribution is 2.13. The first-order valence-electron chi connectivity index (χ1n) is 5.64. The van der Waals surface area contributed by atoms with Crippen LogP contribution in [0.15, 0.2) is 54.6 Å². The lowest BCUT2D eigenvalue weighted by Crippen LogP contribution is -2.04. The summed E-state index contributed by atoms with van der Waals surface area (Å²) in [6, 6.07) is 19.2. The maximum absolute atomic E-state index is 5.82. The Balaban J connectivity index is 2.11. The number of rotatable bonds is 3. The Morgan fingerprint density at radius 1 is 0.875 bits per heavy atom. The smallest absolute Gasteiger partial charge is 0.0266 e. The van der Waals surface area contributed by atoms with Crippen LogP contribution < -0.4 is 5.73 Å². The van der Waals surface area contributed by atoms with Crippen LogP contribution in [0.25, 0.3) is 0 Å². The van der Waals surface area contributed by atoms with Gasteiger partial charge in [0.15, 0.2) is 0 Å².